The summed E-state index contributed by atoms with van der Waals surface area (Å²) < 4.78 is 5.60. The van der Waals surface area contributed by atoms with E-state index >= 15 is 0 Å². The van der Waals surface area contributed by atoms with Crippen LogP contribution >= 0.6 is 0 Å². The highest BCUT2D eigenvalue weighted by atomic mass is 16.4. The number of aromatic hydroxyl groups is 4. The van der Waals surface area contributed by atoms with Crippen molar-refractivity contribution in [3.63, 3.8) is 0 Å². The molecule has 24 heavy (non-hydrogen) atoms. The molecule has 0 aliphatic carbocycles. The van der Waals surface area contributed by atoms with Crippen LogP contribution in [-0.4, -0.2) is 20.4 Å². The molecule has 0 aliphatic rings. The molecule has 4 N–H and O–H groups in total. The molecular weight excluding hydrogens is 312 g/mol. The third kappa shape index (κ3) is 2.32. The van der Waals surface area contributed by atoms with Crippen LogP contribution in [0.1, 0.15) is 19.4 Å². The molecular formula is C18H16O6. The summed E-state index contributed by atoms with van der Waals surface area (Å²) in [7, 11) is 0. The van der Waals surface area contributed by atoms with Gasteiger partial charge in [-0.05, 0) is 32.4 Å². The number of allylic oxidation sites excluding steroid dienone is 2. The third-order valence-corrected chi connectivity index (χ3v) is 3.84. The molecule has 0 fully saturated rings. The molecule has 0 amide bonds. The summed E-state index contributed by atoms with van der Waals surface area (Å²) in [6.45, 7) is 3.77. The fourth-order valence-electron chi connectivity index (χ4n) is 2.59. The summed E-state index contributed by atoms with van der Waals surface area (Å²) in [5.74, 6) is -1.63. The highest BCUT2D eigenvalue weighted by Crippen LogP contribution is 2.39. The first-order valence-corrected chi connectivity index (χ1v) is 7.30. The van der Waals surface area contributed by atoms with Gasteiger partial charge in [-0.1, -0.05) is 11.6 Å². The van der Waals surface area contributed by atoms with Crippen molar-refractivity contribution in [1.29, 1.82) is 0 Å². The minimum Gasteiger partial charge on any atom is -0.507 e. The van der Waals surface area contributed by atoms with E-state index in [1.807, 2.05) is 19.9 Å². The van der Waals surface area contributed by atoms with Gasteiger partial charge in [0.2, 0.25) is 11.2 Å². The topological polar surface area (TPSA) is 111 Å². The second-order valence-corrected chi connectivity index (χ2v) is 5.82. The van der Waals surface area contributed by atoms with E-state index in [0.29, 0.717) is 5.56 Å². The predicted octanol–water partition coefficient (Wildman–Crippen LogP) is 3.28. The Bertz CT molecular complexity index is 1050. The van der Waals surface area contributed by atoms with Gasteiger partial charge in [-0.3, -0.25) is 4.79 Å². The monoisotopic (exact) mass is 328 g/mol. The number of rotatable bonds is 2. The van der Waals surface area contributed by atoms with Crippen LogP contribution in [0.3, 0.4) is 0 Å². The Hall–Kier alpha value is -3.15. The lowest BCUT2D eigenvalue weighted by Crippen LogP contribution is -2.04. The van der Waals surface area contributed by atoms with Crippen molar-refractivity contribution in [2.24, 2.45) is 0 Å². The molecule has 6 nitrogen and oxygen atoms in total. The highest BCUT2D eigenvalue weighted by molar-refractivity contribution is 5.98. The first-order valence-electron chi connectivity index (χ1n) is 7.30. The first kappa shape index (κ1) is 15.7. The highest BCUT2D eigenvalue weighted by Gasteiger charge is 2.20. The number of phenols is 4. The predicted molar refractivity (Wildman–Crippen MR) is 89.8 cm³/mol. The van der Waals surface area contributed by atoms with Gasteiger partial charge in [-0.15, -0.1) is 0 Å². The largest absolute Gasteiger partial charge is 0.507 e. The number of hydrogen-bond donors (Lipinski definition) is 4. The van der Waals surface area contributed by atoms with Crippen molar-refractivity contribution in [1.82, 2.24) is 0 Å². The zero-order chi connectivity index (χ0) is 17.6. The third-order valence-electron chi connectivity index (χ3n) is 3.84. The summed E-state index contributed by atoms with van der Waals surface area (Å²) in [4.78, 5) is 12.7. The maximum atomic E-state index is 12.7. The molecule has 0 atom stereocenters. The molecule has 3 rings (SSSR count). The molecule has 2 aromatic carbocycles. The number of hydrogen-bond acceptors (Lipinski definition) is 6. The van der Waals surface area contributed by atoms with Crippen LogP contribution in [-0.2, 0) is 6.42 Å². The van der Waals surface area contributed by atoms with Crippen LogP contribution in [0.25, 0.3) is 21.9 Å². The summed E-state index contributed by atoms with van der Waals surface area (Å²) in [6.07, 6.45) is 2.11. The fourth-order valence-corrected chi connectivity index (χ4v) is 2.59. The van der Waals surface area contributed by atoms with Gasteiger partial charge >= 0.3 is 0 Å². The molecule has 1 heterocycles. The maximum Gasteiger partial charge on any atom is 0.204 e. The molecule has 0 saturated heterocycles. The first-order chi connectivity index (χ1) is 11.3. The van der Waals surface area contributed by atoms with Crippen molar-refractivity contribution in [3.05, 3.63) is 45.6 Å². The lowest BCUT2D eigenvalue weighted by atomic mass is 10.0. The second-order valence-electron chi connectivity index (χ2n) is 5.82. The van der Waals surface area contributed by atoms with E-state index in [0.717, 1.165) is 11.6 Å². The van der Waals surface area contributed by atoms with Crippen LogP contribution in [0.4, 0.5) is 0 Å². The number of fused-ring (bicyclic) bond motifs is 2. The van der Waals surface area contributed by atoms with Gasteiger partial charge in [0.05, 0.1) is 5.39 Å². The molecule has 0 bridgehead atoms. The Kier molecular flexibility index (Phi) is 3.60. The van der Waals surface area contributed by atoms with Crippen molar-refractivity contribution < 1.29 is 24.8 Å². The van der Waals surface area contributed by atoms with Gasteiger partial charge in [0, 0.05) is 11.6 Å². The van der Waals surface area contributed by atoms with Crippen LogP contribution in [0, 0.1) is 0 Å². The second kappa shape index (κ2) is 5.49. The molecule has 0 unspecified atom stereocenters. The number of benzene rings is 2. The van der Waals surface area contributed by atoms with E-state index in [2.05, 4.69) is 0 Å². The van der Waals surface area contributed by atoms with Crippen LogP contribution in [0.2, 0.25) is 0 Å². The van der Waals surface area contributed by atoms with E-state index in [1.165, 1.54) is 12.1 Å². The maximum absolute atomic E-state index is 12.7. The summed E-state index contributed by atoms with van der Waals surface area (Å²) in [5.41, 5.74) is 0.529. The molecule has 124 valence electrons. The SMILES string of the molecule is CC(C)=CCc1c(O)cc(O)c2c(=O)c3ccc(O)c(O)c3oc12. The van der Waals surface area contributed by atoms with Crippen LogP contribution in [0.15, 0.2) is 39.1 Å². The van der Waals surface area contributed by atoms with Gasteiger partial charge in [-0.2, -0.15) is 0 Å². The van der Waals surface area contributed by atoms with Crippen LogP contribution < -0.4 is 5.43 Å². The van der Waals surface area contributed by atoms with Crippen molar-refractivity contribution >= 4 is 21.9 Å². The molecule has 0 spiro atoms. The smallest absolute Gasteiger partial charge is 0.204 e. The molecule has 0 aliphatic heterocycles. The summed E-state index contributed by atoms with van der Waals surface area (Å²) in [5, 5.41) is 39.7. The normalized spacial score (nSPS) is 11.1. The fraction of sp³-hybridized carbons (Fsp3) is 0.167. The molecule has 0 saturated carbocycles. The van der Waals surface area contributed by atoms with Crippen molar-refractivity contribution in [2.45, 2.75) is 20.3 Å². The molecule has 0 radical (unpaired) electrons. The summed E-state index contributed by atoms with van der Waals surface area (Å²) in [6, 6.07) is 3.57. The van der Waals surface area contributed by atoms with Gasteiger partial charge in [0.25, 0.3) is 0 Å². The van der Waals surface area contributed by atoms with Crippen molar-refractivity contribution in [3.8, 4) is 23.0 Å². The van der Waals surface area contributed by atoms with E-state index < -0.39 is 22.7 Å². The Morgan fingerprint density at radius 3 is 2.42 bits per heavy atom. The number of phenolic OH excluding ortho intramolecular Hbond substituents is 4. The molecule has 6 heteroatoms. The Morgan fingerprint density at radius 2 is 1.75 bits per heavy atom. The zero-order valence-electron chi connectivity index (χ0n) is 13.1. The van der Waals surface area contributed by atoms with E-state index in [9.17, 15) is 25.2 Å². The van der Waals surface area contributed by atoms with Gasteiger partial charge in [-0.25, -0.2) is 0 Å². The van der Waals surface area contributed by atoms with E-state index in [-0.39, 0.29) is 34.1 Å². The lowest BCUT2D eigenvalue weighted by Gasteiger charge is -2.10. The minimum atomic E-state index is -0.567. The average Bonchev–Trinajstić information content (AvgIpc) is 2.50. The Morgan fingerprint density at radius 1 is 1.04 bits per heavy atom. The Balaban J connectivity index is 2.51. The standard InChI is InChI=1S/C18H16O6/c1-8(2)3-4-9-12(20)7-13(21)14-15(22)10-5-6-11(19)16(23)18(10)24-17(9)14/h3,5-7,19-21,23H,4H2,1-2H3. The van der Waals surface area contributed by atoms with Crippen molar-refractivity contribution in [2.75, 3.05) is 0 Å². The van der Waals surface area contributed by atoms with E-state index in [1.54, 1.807) is 0 Å². The lowest BCUT2D eigenvalue weighted by molar-refractivity contribution is 0.401. The molecule has 3 aromatic rings. The van der Waals surface area contributed by atoms with Gasteiger partial charge in [0.15, 0.2) is 11.3 Å². The minimum absolute atomic E-state index is 0.0203. The zero-order valence-corrected chi connectivity index (χ0v) is 13.1. The van der Waals surface area contributed by atoms with E-state index in [4.69, 9.17) is 4.42 Å². The average molecular weight is 328 g/mol. The van der Waals surface area contributed by atoms with Gasteiger partial charge in [0.1, 0.15) is 22.5 Å². The van der Waals surface area contributed by atoms with Crippen LogP contribution in [0.5, 0.6) is 23.0 Å². The molecule has 1 aromatic heterocycles. The quantitative estimate of drug-likeness (QED) is 0.326. The Labute approximate surface area is 136 Å². The summed E-state index contributed by atoms with van der Waals surface area (Å²) >= 11 is 0. The van der Waals surface area contributed by atoms with Gasteiger partial charge < -0.3 is 24.8 Å².